The molecular formula is C18H30ClN5. The Morgan fingerprint density at radius 3 is 2.67 bits per heavy atom. The molecule has 1 atom stereocenters. The Morgan fingerprint density at radius 2 is 2.00 bits per heavy atom. The molecule has 0 bridgehead atoms. The van der Waals surface area contributed by atoms with Crippen LogP contribution in [-0.4, -0.2) is 80.6 Å². The van der Waals surface area contributed by atoms with Gasteiger partial charge in [0.25, 0.3) is 0 Å². The molecule has 1 heterocycles. The van der Waals surface area contributed by atoms with E-state index in [1.54, 1.807) is 0 Å². The number of halogens is 1. The molecule has 1 saturated heterocycles. The molecule has 1 aromatic carbocycles. The first-order chi connectivity index (χ1) is 11.5. The number of rotatable bonds is 5. The van der Waals surface area contributed by atoms with Gasteiger partial charge in [0.05, 0.1) is 6.54 Å². The summed E-state index contributed by atoms with van der Waals surface area (Å²) in [6.07, 6.45) is 0. The van der Waals surface area contributed by atoms with Crippen molar-refractivity contribution < 1.29 is 0 Å². The highest BCUT2D eigenvalue weighted by Crippen LogP contribution is 2.11. The van der Waals surface area contributed by atoms with Gasteiger partial charge in [-0.05, 0) is 38.7 Å². The highest BCUT2D eigenvalue weighted by Gasteiger charge is 2.22. The van der Waals surface area contributed by atoms with Crippen LogP contribution in [0.1, 0.15) is 12.5 Å². The molecule has 24 heavy (non-hydrogen) atoms. The van der Waals surface area contributed by atoms with Crippen LogP contribution in [0.15, 0.2) is 29.3 Å². The predicted molar refractivity (Wildman–Crippen MR) is 103 cm³/mol. The SMILES string of the molecule is CCNC(=NCC1CN(C)CCN1C)N(C)Cc1ccc(Cl)cc1. The van der Waals surface area contributed by atoms with E-state index in [4.69, 9.17) is 16.6 Å². The van der Waals surface area contributed by atoms with Gasteiger partial charge in [0, 0.05) is 50.8 Å². The second-order valence-corrected chi connectivity index (χ2v) is 7.01. The van der Waals surface area contributed by atoms with Crippen LogP contribution in [0.4, 0.5) is 0 Å². The fraction of sp³-hybridized carbons (Fsp3) is 0.611. The quantitative estimate of drug-likeness (QED) is 0.650. The van der Waals surface area contributed by atoms with Gasteiger partial charge in [0.15, 0.2) is 5.96 Å². The van der Waals surface area contributed by atoms with E-state index in [-0.39, 0.29) is 0 Å². The van der Waals surface area contributed by atoms with Gasteiger partial charge in [0.1, 0.15) is 0 Å². The molecule has 0 amide bonds. The van der Waals surface area contributed by atoms with Gasteiger partial charge in [-0.15, -0.1) is 0 Å². The number of hydrogen-bond acceptors (Lipinski definition) is 3. The molecule has 0 aromatic heterocycles. The number of guanidine groups is 1. The summed E-state index contributed by atoms with van der Waals surface area (Å²) >= 11 is 5.96. The molecule has 1 aromatic rings. The van der Waals surface area contributed by atoms with Crippen LogP contribution < -0.4 is 5.32 Å². The fourth-order valence-corrected chi connectivity index (χ4v) is 3.02. The van der Waals surface area contributed by atoms with Crippen molar-refractivity contribution in [3.05, 3.63) is 34.9 Å². The molecule has 0 spiro atoms. The zero-order valence-corrected chi connectivity index (χ0v) is 16.1. The zero-order chi connectivity index (χ0) is 17.5. The Hall–Kier alpha value is -1.30. The lowest BCUT2D eigenvalue weighted by Crippen LogP contribution is -2.51. The molecule has 1 aliphatic heterocycles. The van der Waals surface area contributed by atoms with Gasteiger partial charge in [-0.25, -0.2) is 0 Å². The minimum absolute atomic E-state index is 0.473. The number of hydrogen-bond donors (Lipinski definition) is 1. The van der Waals surface area contributed by atoms with E-state index in [0.29, 0.717) is 6.04 Å². The average Bonchev–Trinajstić information content (AvgIpc) is 2.56. The Kier molecular flexibility index (Phi) is 7.34. The van der Waals surface area contributed by atoms with Gasteiger partial charge >= 0.3 is 0 Å². The van der Waals surface area contributed by atoms with E-state index in [1.807, 2.05) is 12.1 Å². The van der Waals surface area contributed by atoms with Crippen LogP contribution in [-0.2, 0) is 6.54 Å². The molecule has 6 heteroatoms. The normalized spacial score (nSPS) is 20.2. The van der Waals surface area contributed by atoms with E-state index in [2.05, 4.69) is 60.2 Å². The molecule has 1 fully saturated rings. The molecule has 0 radical (unpaired) electrons. The van der Waals surface area contributed by atoms with Gasteiger partial charge in [-0.1, -0.05) is 23.7 Å². The minimum atomic E-state index is 0.473. The van der Waals surface area contributed by atoms with Crippen molar-refractivity contribution >= 4 is 17.6 Å². The van der Waals surface area contributed by atoms with Crippen molar-refractivity contribution in [3.8, 4) is 0 Å². The number of piperazine rings is 1. The third-order valence-electron chi connectivity index (χ3n) is 4.46. The first-order valence-corrected chi connectivity index (χ1v) is 9.00. The van der Waals surface area contributed by atoms with Crippen LogP contribution >= 0.6 is 11.6 Å². The lowest BCUT2D eigenvalue weighted by molar-refractivity contribution is 0.119. The van der Waals surface area contributed by atoms with E-state index in [1.165, 1.54) is 5.56 Å². The smallest absolute Gasteiger partial charge is 0.194 e. The lowest BCUT2D eigenvalue weighted by atomic mass is 10.2. The number of nitrogens with zero attached hydrogens (tertiary/aromatic N) is 4. The topological polar surface area (TPSA) is 34.1 Å². The van der Waals surface area contributed by atoms with Crippen molar-refractivity contribution in [1.82, 2.24) is 20.0 Å². The Labute approximate surface area is 151 Å². The van der Waals surface area contributed by atoms with Crippen molar-refractivity contribution in [2.75, 3.05) is 53.9 Å². The molecule has 2 rings (SSSR count). The molecule has 1 unspecified atom stereocenters. The summed E-state index contributed by atoms with van der Waals surface area (Å²) in [7, 11) is 6.45. The molecule has 134 valence electrons. The van der Waals surface area contributed by atoms with E-state index < -0.39 is 0 Å². The van der Waals surface area contributed by atoms with Crippen LogP contribution in [0.2, 0.25) is 5.02 Å². The fourth-order valence-electron chi connectivity index (χ4n) is 2.90. The summed E-state index contributed by atoms with van der Waals surface area (Å²) in [6.45, 7) is 7.90. The summed E-state index contributed by atoms with van der Waals surface area (Å²) in [5.74, 6) is 0.953. The number of aliphatic imine (C=N–C) groups is 1. The number of benzene rings is 1. The summed E-state index contributed by atoms with van der Waals surface area (Å²) in [5.41, 5.74) is 1.22. The molecule has 0 aliphatic carbocycles. The third-order valence-corrected chi connectivity index (χ3v) is 4.71. The number of nitrogens with one attached hydrogen (secondary N) is 1. The van der Waals surface area contributed by atoms with Gasteiger partial charge in [-0.3, -0.25) is 9.89 Å². The predicted octanol–water partition coefficient (Wildman–Crippen LogP) is 1.98. The second-order valence-electron chi connectivity index (χ2n) is 6.57. The molecular weight excluding hydrogens is 322 g/mol. The summed E-state index contributed by atoms with van der Waals surface area (Å²) in [5, 5.41) is 4.17. The van der Waals surface area contributed by atoms with Crippen LogP contribution in [0, 0.1) is 0 Å². The van der Waals surface area contributed by atoms with E-state index >= 15 is 0 Å². The summed E-state index contributed by atoms with van der Waals surface area (Å²) in [4.78, 5) is 11.8. The monoisotopic (exact) mass is 351 g/mol. The Balaban J connectivity index is 1.99. The molecule has 1 aliphatic rings. The van der Waals surface area contributed by atoms with Gasteiger partial charge < -0.3 is 15.1 Å². The standard InChI is InChI=1S/C18H30ClN5/c1-5-20-18(21-12-17-14-22(2)10-11-23(17)3)24(4)13-15-6-8-16(19)9-7-15/h6-9,17H,5,10-14H2,1-4H3,(H,20,21). The maximum absolute atomic E-state index is 5.96. The molecule has 1 N–H and O–H groups in total. The maximum Gasteiger partial charge on any atom is 0.194 e. The Morgan fingerprint density at radius 1 is 1.29 bits per heavy atom. The molecule has 5 nitrogen and oxygen atoms in total. The van der Waals surface area contributed by atoms with Crippen molar-refractivity contribution in [2.45, 2.75) is 19.5 Å². The largest absolute Gasteiger partial charge is 0.357 e. The Bertz CT molecular complexity index is 531. The van der Waals surface area contributed by atoms with E-state index in [0.717, 1.165) is 50.3 Å². The van der Waals surface area contributed by atoms with E-state index in [9.17, 15) is 0 Å². The summed E-state index contributed by atoms with van der Waals surface area (Å²) in [6, 6.07) is 8.46. The maximum atomic E-state index is 5.96. The first kappa shape index (κ1) is 19.0. The third kappa shape index (κ3) is 5.65. The highest BCUT2D eigenvalue weighted by atomic mass is 35.5. The van der Waals surface area contributed by atoms with Crippen LogP contribution in [0.3, 0.4) is 0 Å². The lowest BCUT2D eigenvalue weighted by Gasteiger charge is -2.37. The van der Waals surface area contributed by atoms with Crippen molar-refractivity contribution in [2.24, 2.45) is 4.99 Å². The second kappa shape index (κ2) is 9.25. The summed E-state index contributed by atoms with van der Waals surface area (Å²) < 4.78 is 0. The van der Waals surface area contributed by atoms with Gasteiger partial charge in [-0.2, -0.15) is 0 Å². The highest BCUT2D eigenvalue weighted by molar-refractivity contribution is 6.30. The number of likely N-dealkylation sites (N-methyl/N-ethyl adjacent to an activating group) is 2. The molecule has 0 saturated carbocycles. The van der Waals surface area contributed by atoms with Crippen LogP contribution in [0.5, 0.6) is 0 Å². The minimum Gasteiger partial charge on any atom is -0.357 e. The van der Waals surface area contributed by atoms with Crippen molar-refractivity contribution in [3.63, 3.8) is 0 Å². The van der Waals surface area contributed by atoms with Gasteiger partial charge in [0.2, 0.25) is 0 Å². The van der Waals surface area contributed by atoms with Crippen LogP contribution in [0.25, 0.3) is 0 Å². The zero-order valence-electron chi connectivity index (χ0n) is 15.3. The van der Waals surface area contributed by atoms with Crippen molar-refractivity contribution in [1.29, 1.82) is 0 Å². The average molecular weight is 352 g/mol. The first-order valence-electron chi connectivity index (χ1n) is 8.62.